The lowest BCUT2D eigenvalue weighted by atomic mass is 9.66. The summed E-state index contributed by atoms with van der Waals surface area (Å²) in [5.41, 5.74) is 19.0. The molecular weight excluding hydrogens is 470 g/mol. The van der Waals surface area contributed by atoms with Crippen LogP contribution in [0.15, 0.2) is 111 Å². The standard InChI is InChI=1S/C38H31N/c1-6-25-18-31(19-26(7-2)24(25)5)38(32-20-27(8-3)37(39)28(9-4)21-32)35-17-13-12-16-33(35)34-22-29-14-10-11-15-30(29)23-36(34)38/h6-23H,1-4,39H2,5H3. The lowest BCUT2D eigenvalue weighted by Crippen LogP contribution is -2.29. The fraction of sp³-hybridized carbons (Fsp3) is 0.0526. The van der Waals surface area contributed by atoms with Gasteiger partial charge in [-0.25, -0.2) is 0 Å². The number of anilines is 1. The zero-order chi connectivity index (χ0) is 27.3. The van der Waals surface area contributed by atoms with Crippen LogP contribution in [-0.2, 0) is 5.41 Å². The van der Waals surface area contributed by atoms with E-state index in [4.69, 9.17) is 5.73 Å². The summed E-state index contributed by atoms with van der Waals surface area (Å²) >= 11 is 0. The van der Waals surface area contributed by atoms with Gasteiger partial charge in [0.2, 0.25) is 0 Å². The third-order valence-electron chi connectivity index (χ3n) is 8.39. The number of fused-ring (bicyclic) bond motifs is 4. The van der Waals surface area contributed by atoms with Crippen LogP contribution < -0.4 is 5.73 Å². The first-order valence-electron chi connectivity index (χ1n) is 13.2. The number of nitrogens with two attached hydrogens (primary N) is 1. The monoisotopic (exact) mass is 501 g/mol. The molecule has 5 aromatic rings. The second kappa shape index (κ2) is 9.15. The molecule has 0 radical (unpaired) electrons. The first-order valence-corrected chi connectivity index (χ1v) is 13.2. The van der Waals surface area contributed by atoms with Crippen LogP contribution in [0.25, 0.3) is 46.2 Å². The Labute approximate surface area is 231 Å². The molecule has 5 aromatic carbocycles. The number of rotatable bonds is 6. The van der Waals surface area contributed by atoms with Crippen molar-refractivity contribution in [1.82, 2.24) is 0 Å². The Hall–Kier alpha value is -4.88. The van der Waals surface area contributed by atoms with Gasteiger partial charge in [0.25, 0.3) is 0 Å². The molecule has 0 fully saturated rings. The number of benzene rings is 5. The van der Waals surface area contributed by atoms with E-state index in [-0.39, 0.29) is 0 Å². The topological polar surface area (TPSA) is 26.0 Å². The van der Waals surface area contributed by atoms with Gasteiger partial charge in [0.15, 0.2) is 0 Å². The minimum absolute atomic E-state index is 0.609. The van der Waals surface area contributed by atoms with Crippen molar-refractivity contribution >= 4 is 40.8 Å². The summed E-state index contributed by atoms with van der Waals surface area (Å²) in [6.07, 6.45) is 7.55. The molecule has 1 heteroatoms. The summed E-state index contributed by atoms with van der Waals surface area (Å²) in [7, 11) is 0. The lowest BCUT2D eigenvalue weighted by Gasteiger charge is -2.35. The van der Waals surface area contributed by atoms with Crippen LogP contribution in [0.5, 0.6) is 0 Å². The Kier molecular flexibility index (Phi) is 5.74. The van der Waals surface area contributed by atoms with Gasteiger partial charge in [-0.2, -0.15) is 0 Å². The summed E-state index contributed by atoms with van der Waals surface area (Å²) in [4.78, 5) is 0. The van der Waals surface area contributed by atoms with Gasteiger partial charge < -0.3 is 5.73 Å². The van der Waals surface area contributed by atoms with Gasteiger partial charge in [-0.15, -0.1) is 0 Å². The molecule has 1 aliphatic rings. The summed E-state index contributed by atoms with van der Waals surface area (Å²) in [6, 6.07) is 31.0. The third-order valence-corrected chi connectivity index (χ3v) is 8.39. The molecule has 0 heterocycles. The van der Waals surface area contributed by atoms with Gasteiger partial charge in [0, 0.05) is 5.69 Å². The Morgan fingerprint density at radius 2 is 1.05 bits per heavy atom. The third kappa shape index (κ3) is 3.40. The molecule has 6 rings (SSSR count). The van der Waals surface area contributed by atoms with Crippen molar-refractivity contribution in [1.29, 1.82) is 0 Å². The predicted octanol–water partition coefficient (Wildman–Crippen LogP) is 9.67. The van der Waals surface area contributed by atoms with Crippen molar-refractivity contribution < 1.29 is 0 Å². The second-order valence-corrected chi connectivity index (χ2v) is 10.2. The van der Waals surface area contributed by atoms with Crippen LogP contribution in [-0.4, -0.2) is 0 Å². The van der Waals surface area contributed by atoms with Crippen molar-refractivity contribution in [3.8, 4) is 11.1 Å². The molecule has 1 unspecified atom stereocenters. The highest BCUT2D eigenvalue weighted by Gasteiger charge is 2.47. The smallest absolute Gasteiger partial charge is 0.0714 e. The molecule has 39 heavy (non-hydrogen) atoms. The molecular formula is C38H31N. The van der Waals surface area contributed by atoms with E-state index in [9.17, 15) is 0 Å². The van der Waals surface area contributed by atoms with Crippen molar-refractivity contribution in [2.24, 2.45) is 0 Å². The van der Waals surface area contributed by atoms with Crippen molar-refractivity contribution in [2.45, 2.75) is 12.3 Å². The Morgan fingerprint density at radius 1 is 0.564 bits per heavy atom. The van der Waals surface area contributed by atoms with Crippen LogP contribution in [0, 0.1) is 6.92 Å². The number of nitrogen functional groups attached to an aromatic ring is 1. The van der Waals surface area contributed by atoms with Gasteiger partial charge in [-0.3, -0.25) is 0 Å². The average molecular weight is 502 g/mol. The molecule has 1 atom stereocenters. The van der Waals surface area contributed by atoms with Crippen molar-refractivity contribution in [3.63, 3.8) is 0 Å². The Morgan fingerprint density at radius 3 is 1.62 bits per heavy atom. The Bertz CT molecular complexity index is 1720. The quantitative estimate of drug-likeness (QED) is 0.226. The minimum Gasteiger partial charge on any atom is -0.398 e. The summed E-state index contributed by atoms with van der Waals surface area (Å²) < 4.78 is 0. The van der Waals surface area contributed by atoms with Gasteiger partial charge in [-0.1, -0.05) is 99.2 Å². The number of hydrogen-bond donors (Lipinski definition) is 1. The molecule has 2 N–H and O–H groups in total. The fourth-order valence-electron chi connectivity index (χ4n) is 6.41. The summed E-state index contributed by atoms with van der Waals surface area (Å²) in [5.74, 6) is 0. The fourth-order valence-corrected chi connectivity index (χ4v) is 6.41. The van der Waals surface area contributed by atoms with Gasteiger partial charge in [0.05, 0.1) is 5.41 Å². The molecule has 0 amide bonds. The first kappa shape index (κ1) is 24.5. The van der Waals surface area contributed by atoms with Crippen LogP contribution >= 0.6 is 0 Å². The van der Waals surface area contributed by atoms with Gasteiger partial charge in [-0.05, 0) is 115 Å². The maximum absolute atomic E-state index is 6.56. The highest BCUT2D eigenvalue weighted by atomic mass is 14.6. The molecule has 0 saturated heterocycles. The molecule has 0 aromatic heterocycles. The van der Waals surface area contributed by atoms with Crippen LogP contribution in [0.3, 0.4) is 0 Å². The normalized spacial score (nSPS) is 15.4. The van der Waals surface area contributed by atoms with E-state index in [2.05, 4.69) is 118 Å². The Balaban J connectivity index is 1.88. The summed E-state index contributed by atoms with van der Waals surface area (Å²) in [5, 5.41) is 2.43. The van der Waals surface area contributed by atoms with E-state index in [1.54, 1.807) is 0 Å². The number of hydrogen-bond acceptors (Lipinski definition) is 1. The van der Waals surface area contributed by atoms with Gasteiger partial charge in [0.1, 0.15) is 0 Å². The van der Waals surface area contributed by atoms with Crippen LogP contribution in [0.2, 0.25) is 0 Å². The summed E-state index contributed by atoms with van der Waals surface area (Å²) in [6.45, 7) is 18.6. The molecule has 1 nitrogen and oxygen atoms in total. The zero-order valence-corrected chi connectivity index (χ0v) is 22.3. The van der Waals surface area contributed by atoms with E-state index in [0.717, 1.165) is 33.4 Å². The maximum Gasteiger partial charge on any atom is 0.0714 e. The van der Waals surface area contributed by atoms with Crippen LogP contribution in [0.4, 0.5) is 5.69 Å². The minimum atomic E-state index is -0.609. The van der Waals surface area contributed by atoms with Gasteiger partial charge >= 0.3 is 0 Å². The largest absolute Gasteiger partial charge is 0.398 e. The average Bonchev–Trinajstić information content (AvgIpc) is 3.26. The van der Waals surface area contributed by atoms with E-state index in [1.165, 1.54) is 38.6 Å². The van der Waals surface area contributed by atoms with E-state index in [0.29, 0.717) is 5.69 Å². The van der Waals surface area contributed by atoms with E-state index in [1.807, 2.05) is 24.3 Å². The highest BCUT2D eigenvalue weighted by molar-refractivity contribution is 5.96. The molecule has 0 bridgehead atoms. The first-order chi connectivity index (χ1) is 19.0. The highest BCUT2D eigenvalue weighted by Crippen LogP contribution is 2.57. The van der Waals surface area contributed by atoms with E-state index < -0.39 is 5.41 Å². The van der Waals surface area contributed by atoms with Crippen molar-refractivity contribution in [3.05, 3.63) is 161 Å². The van der Waals surface area contributed by atoms with Crippen molar-refractivity contribution in [2.75, 3.05) is 5.73 Å². The lowest BCUT2D eigenvalue weighted by molar-refractivity contribution is 0.768. The predicted molar refractivity (Wildman–Crippen MR) is 171 cm³/mol. The zero-order valence-electron chi connectivity index (χ0n) is 22.3. The van der Waals surface area contributed by atoms with E-state index >= 15 is 0 Å². The maximum atomic E-state index is 6.56. The van der Waals surface area contributed by atoms with Crippen LogP contribution in [0.1, 0.15) is 50.1 Å². The molecule has 188 valence electrons. The SMILES string of the molecule is C=Cc1cc(C2(c3cc(C=C)c(N)c(C=C)c3)c3ccccc3-c3cc4ccccc4cc32)cc(C=C)c1C. The molecule has 0 aliphatic heterocycles. The molecule has 0 spiro atoms. The second-order valence-electron chi connectivity index (χ2n) is 10.2. The molecule has 0 saturated carbocycles. The molecule has 1 aliphatic carbocycles.